The summed E-state index contributed by atoms with van der Waals surface area (Å²) in [6.45, 7) is 3.93. The monoisotopic (exact) mass is 481 g/mol. The Morgan fingerprint density at radius 3 is 2.38 bits per heavy atom. The molecule has 2 aliphatic heterocycles. The maximum atomic E-state index is 12.7. The molecule has 2 heterocycles. The molecular weight excluding hydrogens is 458 g/mol. The zero-order chi connectivity index (χ0) is 24.1. The van der Waals surface area contributed by atoms with Crippen molar-refractivity contribution in [1.29, 1.82) is 0 Å². The van der Waals surface area contributed by atoms with E-state index in [1.807, 2.05) is 12.1 Å². The fourth-order valence-corrected chi connectivity index (χ4v) is 4.35. The van der Waals surface area contributed by atoms with E-state index in [0.717, 1.165) is 35.4 Å². The second-order valence-corrected chi connectivity index (χ2v) is 8.62. The van der Waals surface area contributed by atoms with Crippen LogP contribution in [0, 0.1) is 0 Å². The molecular formula is C24H23N3O6S. The van der Waals surface area contributed by atoms with Crippen molar-refractivity contribution >= 4 is 52.2 Å². The van der Waals surface area contributed by atoms with Gasteiger partial charge in [0.1, 0.15) is 12.3 Å². The third-order valence-corrected chi connectivity index (χ3v) is 6.05. The fraction of sp³-hybridized carbons (Fsp3) is 0.250. The minimum atomic E-state index is -0.531. The second kappa shape index (κ2) is 10.5. The predicted octanol–water partition coefficient (Wildman–Crippen LogP) is 3.12. The van der Waals surface area contributed by atoms with E-state index in [4.69, 9.17) is 9.47 Å². The van der Waals surface area contributed by atoms with Gasteiger partial charge in [-0.1, -0.05) is 12.1 Å². The normalized spacial score (nSPS) is 17.3. The lowest BCUT2D eigenvalue weighted by Crippen LogP contribution is -2.36. The van der Waals surface area contributed by atoms with Crippen LogP contribution < -0.4 is 15.0 Å². The first-order chi connectivity index (χ1) is 16.4. The molecule has 0 aliphatic carbocycles. The van der Waals surface area contributed by atoms with E-state index in [2.05, 4.69) is 10.2 Å². The first-order valence-electron chi connectivity index (χ1n) is 10.7. The lowest BCUT2D eigenvalue weighted by Gasteiger charge is -2.28. The third-order valence-electron chi connectivity index (χ3n) is 5.14. The van der Waals surface area contributed by atoms with E-state index in [-0.39, 0.29) is 11.4 Å². The molecule has 2 saturated heterocycles. The smallest absolute Gasteiger partial charge is 0.308 e. The summed E-state index contributed by atoms with van der Waals surface area (Å²) in [7, 11) is 0. The highest BCUT2D eigenvalue weighted by molar-refractivity contribution is 8.18. The zero-order valence-corrected chi connectivity index (χ0v) is 19.3. The van der Waals surface area contributed by atoms with E-state index < -0.39 is 23.0 Å². The Hall–Kier alpha value is -3.63. The van der Waals surface area contributed by atoms with Gasteiger partial charge in [-0.3, -0.25) is 24.1 Å². The van der Waals surface area contributed by atoms with Crippen molar-refractivity contribution in [2.75, 3.05) is 43.1 Å². The number of carbonyl (C=O) groups excluding carboxylic acids is 4. The molecule has 0 aromatic heterocycles. The quantitative estimate of drug-likeness (QED) is 0.381. The Kier molecular flexibility index (Phi) is 7.29. The highest BCUT2D eigenvalue weighted by Gasteiger charge is 2.36. The van der Waals surface area contributed by atoms with Gasteiger partial charge in [0.2, 0.25) is 5.91 Å². The number of esters is 1. The zero-order valence-electron chi connectivity index (χ0n) is 18.5. The van der Waals surface area contributed by atoms with Crippen LogP contribution in [0.5, 0.6) is 5.75 Å². The van der Waals surface area contributed by atoms with Gasteiger partial charge in [0.25, 0.3) is 11.1 Å². The van der Waals surface area contributed by atoms with E-state index in [1.54, 1.807) is 42.5 Å². The lowest BCUT2D eigenvalue weighted by molar-refractivity contribution is -0.131. The maximum Gasteiger partial charge on any atom is 0.308 e. The predicted molar refractivity (Wildman–Crippen MR) is 129 cm³/mol. The van der Waals surface area contributed by atoms with Crippen molar-refractivity contribution in [2.24, 2.45) is 0 Å². The number of benzene rings is 2. The van der Waals surface area contributed by atoms with Crippen LogP contribution >= 0.6 is 11.8 Å². The number of carbonyl (C=O) groups is 4. The summed E-state index contributed by atoms with van der Waals surface area (Å²) < 4.78 is 10.3. The molecule has 0 radical (unpaired) electrons. The summed E-state index contributed by atoms with van der Waals surface area (Å²) >= 11 is 0.775. The van der Waals surface area contributed by atoms with Crippen LogP contribution in [0.4, 0.5) is 16.2 Å². The fourth-order valence-electron chi connectivity index (χ4n) is 3.51. The molecule has 34 heavy (non-hydrogen) atoms. The molecule has 9 nitrogen and oxygen atoms in total. The highest BCUT2D eigenvalue weighted by atomic mass is 32.2. The van der Waals surface area contributed by atoms with Crippen LogP contribution in [-0.2, 0) is 19.1 Å². The molecule has 0 unspecified atom stereocenters. The molecule has 0 bridgehead atoms. The Labute approximate surface area is 200 Å². The molecule has 10 heteroatoms. The van der Waals surface area contributed by atoms with Crippen molar-refractivity contribution in [2.45, 2.75) is 6.92 Å². The van der Waals surface area contributed by atoms with Crippen molar-refractivity contribution in [3.8, 4) is 5.75 Å². The molecule has 4 rings (SSSR count). The van der Waals surface area contributed by atoms with Crippen LogP contribution in [-0.4, -0.2) is 60.8 Å². The minimum Gasteiger partial charge on any atom is -0.427 e. The van der Waals surface area contributed by atoms with Crippen molar-refractivity contribution in [3.63, 3.8) is 0 Å². The number of nitrogens with one attached hydrogen (secondary N) is 1. The van der Waals surface area contributed by atoms with Crippen LogP contribution in [0.1, 0.15) is 12.5 Å². The molecule has 2 aromatic rings. The molecule has 176 valence electrons. The van der Waals surface area contributed by atoms with Gasteiger partial charge in [0, 0.05) is 31.4 Å². The van der Waals surface area contributed by atoms with E-state index in [9.17, 15) is 19.2 Å². The molecule has 2 aliphatic rings. The minimum absolute atomic E-state index is 0.216. The second-order valence-electron chi connectivity index (χ2n) is 7.63. The average Bonchev–Trinajstić information content (AvgIpc) is 3.08. The molecule has 2 aromatic carbocycles. The number of imide groups is 1. The van der Waals surface area contributed by atoms with Gasteiger partial charge < -0.3 is 19.7 Å². The summed E-state index contributed by atoms with van der Waals surface area (Å²) in [4.78, 5) is 51.9. The largest absolute Gasteiger partial charge is 0.427 e. The van der Waals surface area contributed by atoms with Crippen molar-refractivity contribution < 1.29 is 28.7 Å². The van der Waals surface area contributed by atoms with E-state index in [1.165, 1.54) is 6.92 Å². The van der Waals surface area contributed by atoms with Gasteiger partial charge in [-0.25, -0.2) is 0 Å². The van der Waals surface area contributed by atoms with Crippen LogP contribution in [0.15, 0.2) is 53.4 Å². The first-order valence-corrected chi connectivity index (χ1v) is 11.5. The summed E-state index contributed by atoms with van der Waals surface area (Å²) in [5.74, 6) is -1.04. The number of nitrogens with zero attached hydrogens (tertiary/aromatic N) is 2. The van der Waals surface area contributed by atoms with E-state index >= 15 is 0 Å². The molecule has 2 fully saturated rings. The molecule has 0 saturated carbocycles. The number of amides is 3. The van der Waals surface area contributed by atoms with Crippen LogP contribution in [0.3, 0.4) is 0 Å². The van der Waals surface area contributed by atoms with Gasteiger partial charge in [-0.05, 0) is 59.8 Å². The SMILES string of the molecule is CC(=O)Oc1ccc(/C=C2/SC(=O)N(CC(=O)Nc3ccc(N4CCOCC4)cc3)C2=O)cc1. The first kappa shape index (κ1) is 23.5. The third kappa shape index (κ3) is 5.83. The summed E-state index contributed by atoms with van der Waals surface area (Å²) in [5.41, 5.74) is 2.28. The van der Waals surface area contributed by atoms with Crippen molar-refractivity contribution in [3.05, 3.63) is 59.0 Å². The summed E-state index contributed by atoms with van der Waals surface area (Å²) in [5, 5.41) is 2.22. The Balaban J connectivity index is 1.35. The number of thioether (sulfide) groups is 1. The van der Waals surface area contributed by atoms with Crippen LogP contribution in [0.25, 0.3) is 6.08 Å². The lowest BCUT2D eigenvalue weighted by atomic mass is 10.2. The Bertz CT molecular complexity index is 1120. The standard InChI is InChI=1S/C24H23N3O6S/c1-16(28)33-20-8-2-17(3-9-20)14-21-23(30)27(24(31)34-21)15-22(29)25-18-4-6-19(7-5-18)26-10-12-32-13-11-26/h2-9,14H,10-13,15H2,1H3,(H,25,29)/b21-14+. The maximum absolute atomic E-state index is 12.7. The molecule has 0 atom stereocenters. The van der Waals surface area contributed by atoms with Gasteiger partial charge in [0.05, 0.1) is 18.1 Å². The molecule has 0 spiro atoms. The number of hydrogen-bond donors (Lipinski definition) is 1. The average molecular weight is 482 g/mol. The number of ether oxygens (including phenoxy) is 2. The highest BCUT2D eigenvalue weighted by Crippen LogP contribution is 2.32. The molecule has 1 N–H and O–H groups in total. The number of hydrogen-bond acceptors (Lipinski definition) is 8. The Morgan fingerprint density at radius 1 is 1.06 bits per heavy atom. The summed E-state index contributed by atoms with van der Waals surface area (Å²) in [6.07, 6.45) is 1.56. The van der Waals surface area contributed by atoms with E-state index in [0.29, 0.717) is 30.2 Å². The number of rotatable bonds is 6. The molecule has 3 amide bonds. The number of morpholine rings is 1. The topological polar surface area (TPSA) is 105 Å². The van der Waals surface area contributed by atoms with Crippen LogP contribution in [0.2, 0.25) is 0 Å². The summed E-state index contributed by atoms with van der Waals surface area (Å²) in [6, 6.07) is 13.9. The van der Waals surface area contributed by atoms with Crippen molar-refractivity contribution in [1.82, 2.24) is 4.90 Å². The Morgan fingerprint density at radius 2 is 1.74 bits per heavy atom. The number of anilines is 2. The van der Waals surface area contributed by atoms with Gasteiger partial charge >= 0.3 is 5.97 Å². The van der Waals surface area contributed by atoms with Gasteiger partial charge in [-0.2, -0.15) is 0 Å². The van der Waals surface area contributed by atoms with Gasteiger partial charge in [0.15, 0.2) is 0 Å². The van der Waals surface area contributed by atoms with Gasteiger partial charge in [-0.15, -0.1) is 0 Å².